The van der Waals surface area contributed by atoms with Gasteiger partial charge in [0, 0.05) is 5.54 Å². The van der Waals surface area contributed by atoms with Gasteiger partial charge in [-0.2, -0.15) is 0 Å². The molecular weight excluding hydrogens is 216 g/mol. The molecule has 0 aromatic heterocycles. The molecule has 0 heterocycles. The molecule has 1 saturated carbocycles. The Labute approximate surface area is 94.7 Å². The molecule has 1 rings (SSSR count). The number of rotatable bonds is 3. The van der Waals surface area contributed by atoms with Gasteiger partial charge < -0.3 is 5.32 Å². The maximum atomic E-state index is 11.4. The molecular formula is C10H17ClN2O2. The number of nitrogens with one attached hydrogen (secondary N) is 2. The Balaban J connectivity index is 2.38. The number of carbonyl (C=O) groups excluding carboxylic acids is 2. The van der Waals surface area contributed by atoms with E-state index in [0.717, 1.165) is 25.7 Å². The molecule has 4 nitrogen and oxygen atoms in total. The highest BCUT2D eigenvalue weighted by Gasteiger charge is 2.36. The first-order valence-electron chi connectivity index (χ1n) is 5.26. The van der Waals surface area contributed by atoms with E-state index in [2.05, 4.69) is 10.6 Å². The van der Waals surface area contributed by atoms with Gasteiger partial charge in [-0.1, -0.05) is 6.92 Å². The second-order valence-electron chi connectivity index (χ2n) is 4.05. The molecule has 1 aliphatic carbocycles. The smallest absolute Gasteiger partial charge is 0.321 e. The minimum atomic E-state index is -0.685. The second kappa shape index (κ2) is 4.84. The Hall–Kier alpha value is -0.770. The summed E-state index contributed by atoms with van der Waals surface area (Å²) in [5.74, 6) is -0.459. The van der Waals surface area contributed by atoms with E-state index in [9.17, 15) is 9.59 Å². The minimum absolute atomic E-state index is 0.0973. The van der Waals surface area contributed by atoms with Crippen molar-refractivity contribution >= 4 is 23.5 Å². The molecule has 0 aromatic rings. The third-order valence-corrected chi connectivity index (χ3v) is 3.16. The van der Waals surface area contributed by atoms with E-state index in [1.54, 1.807) is 0 Å². The fourth-order valence-electron chi connectivity index (χ4n) is 1.65. The van der Waals surface area contributed by atoms with Gasteiger partial charge in [-0.3, -0.25) is 10.1 Å². The Morgan fingerprint density at radius 2 is 2.07 bits per heavy atom. The number of halogens is 1. The lowest BCUT2D eigenvalue weighted by Crippen LogP contribution is -2.57. The van der Waals surface area contributed by atoms with Crippen molar-refractivity contribution in [2.75, 3.05) is 0 Å². The third kappa shape index (κ3) is 3.09. The average Bonchev–Trinajstić information content (AvgIpc) is 2.11. The van der Waals surface area contributed by atoms with Crippen LogP contribution < -0.4 is 10.6 Å². The van der Waals surface area contributed by atoms with Gasteiger partial charge in [0.2, 0.25) is 5.91 Å². The van der Waals surface area contributed by atoms with Crippen molar-refractivity contribution < 1.29 is 9.59 Å². The molecule has 1 unspecified atom stereocenters. The van der Waals surface area contributed by atoms with Crippen LogP contribution in [0.5, 0.6) is 0 Å². The predicted octanol–water partition coefficient (Wildman–Crippen LogP) is 1.77. The van der Waals surface area contributed by atoms with Gasteiger partial charge in [0.1, 0.15) is 5.38 Å². The van der Waals surface area contributed by atoms with E-state index < -0.39 is 17.3 Å². The Bertz CT molecular complexity index is 257. The molecule has 3 amide bonds. The maximum Gasteiger partial charge on any atom is 0.321 e. The first-order valence-corrected chi connectivity index (χ1v) is 5.70. The van der Waals surface area contributed by atoms with Crippen LogP contribution in [0.3, 0.4) is 0 Å². The molecule has 5 heteroatoms. The standard InChI is InChI=1S/C10H17ClN2O2/c1-3-10(5-4-6-10)13-9(15)12-8(14)7(2)11/h7H,3-6H2,1-2H3,(H2,12,13,14,15). The summed E-state index contributed by atoms with van der Waals surface area (Å²) in [7, 11) is 0. The van der Waals surface area contributed by atoms with Crippen molar-refractivity contribution in [2.24, 2.45) is 0 Å². The van der Waals surface area contributed by atoms with Crippen LogP contribution in [0.15, 0.2) is 0 Å². The van der Waals surface area contributed by atoms with Crippen LogP contribution in [0.1, 0.15) is 39.5 Å². The van der Waals surface area contributed by atoms with Crippen molar-refractivity contribution in [3.63, 3.8) is 0 Å². The Morgan fingerprint density at radius 3 is 2.40 bits per heavy atom. The number of hydrogen-bond donors (Lipinski definition) is 2. The van der Waals surface area contributed by atoms with E-state index in [0.29, 0.717) is 0 Å². The number of alkyl halides is 1. The van der Waals surface area contributed by atoms with Crippen molar-refractivity contribution in [3.05, 3.63) is 0 Å². The molecule has 0 bridgehead atoms. The zero-order valence-corrected chi connectivity index (χ0v) is 9.86. The minimum Gasteiger partial charge on any atom is -0.332 e. The van der Waals surface area contributed by atoms with Crippen molar-refractivity contribution in [3.8, 4) is 0 Å². The zero-order chi connectivity index (χ0) is 11.5. The molecule has 15 heavy (non-hydrogen) atoms. The van der Waals surface area contributed by atoms with Crippen LogP contribution in [-0.4, -0.2) is 22.9 Å². The van der Waals surface area contributed by atoms with Crippen molar-refractivity contribution in [1.29, 1.82) is 0 Å². The predicted molar refractivity (Wildman–Crippen MR) is 58.9 cm³/mol. The first kappa shape index (κ1) is 12.3. The van der Waals surface area contributed by atoms with Crippen LogP contribution in [-0.2, 0) is 4.79 Å². The van der Waals surface area contributed by atoms with E-state index in [-0.39, 0.29) is 5.54 Å². The summed E-state index contributed by atoms with van der Waals surface area (Å²) in [6.07, 6.45) is 4.00. The molecule has 0 spiro atoms. The van der Waals surface area contributed by atoms with Crippen molar-refractivity contribution in [2.45, 2.75) is 50.4 Å². The van der Waals surface area contributed by atoms with E-state index in [1.165, 1.54) is 6.92 Å². The number of hydrogen-bond acceptors (Lipinski definition) is 2. The summed E-state index contributed by atoms with van der Waals surface area (Å²) in [6, 6.07) is -0.436. The largest absolute Gasteiger partial charge is 0.332 e. The van der Waals surface area contributed by atoms with Gasteiger partial charge >= 0.3 is 6.03 Å². The number of imide groups is 1. The topological polar surface area (TPSA) is 58.2 Å². The van der Waals surface area contributed by atoms with Crippen LogP contribution in [0.2, 0.25) is 0 Å². The van der Waals surface area contributed by atoms with Gasteiger partial charge in [-0.05, 0) is 32.6 Å². The van der Waals surface area contributed by atoms with E-state index in [1.807, 2.05) is 6.92 Å². The van der Waals surface area contributed by atoms with Crippen LogP contribution >= 0.6 is 11.6 Å². The van der Waals surface area contributed by atoms with Gasteiger partial charge in [-0.25, -0.2) is 4.79 Å². The molecule has 1 fully saturated rings. The quantitative estimate of drug-likeness (QED) is 0.729. The monoisotopic (exact) mass is 232 g/mol. The summed E-state index contributed by atoms with van der Waals surface area (Å²) in [6.45, 7) is 3.56. The third-order valence-electron chi connectivity index (χ3n) is 2.96. The summed E-state index contributed by atoms with van der Waals surface area (Å²) < 4.78 is 0. The summed E-state index contributed by atoms with van der Waals surface area (Å²) in [5.41, 5.74) is -0.0973. The average molecular weight is 233 g/mol. The number of carbonyl (C=O) groups is 2. The van der Waals surface area contributed by atoms with Gasteiger partial charge in [-0.15, -0.1) is 11.6 Å². The molecule has 0 aromatic carbocycles. The van der Waals surface area contributed by atoms with E-state index in [4.69, 9.17) is 11.6 Å². The fourth-order valence-corrected chi connectivity index (χ4v) is 1.71. The molecule has 86 valence electrons. The summed E-state index contributed by atoms with van der Waals surface area (Å²) in [4.78, 5) is 22.6. The molecule has 1 atom stereocenters. The van der Waals surface area contributed by atoms with Crippen LogP contribution in [0, 0.1) is 0 Å². The summed E-state index contributed by atoms with van der Waals surface area (Å²) >= 11 is 5.53. The lowest BCUT2D eigenvalue weighted by atomic mass is 9.75. The first-order chi connectivity index (χ1) is 6.99. The lowest BCUT2D eigenvalue weighted by Gasteiger charge is -2.41. The van der Waals surface area contributed by atoms with Crippen molar-refractivity contribution in [1.82, 2.24) is 10.6 Å². The maximum absolute atomic E-state index is 11.4. The highest BCUT2D eigenvalue weighted by atomic mass is 35.5. The SMILES string of the molecule is CCC1(NC(=O)NC(=O)C(C)Cl)CCC1. The fraction of sp³-hybridized carbons (Fsp3) is 0.800. The molecule has 0 saturated heterocycles. The molecule has 1 aliphatic rings. The van der Waals surface area contributed by atoms with Crippen LogP contribution in [0.4, 0.5) is 4.79 Å². The Kier molecular flexibility index (Phi) is 3.97. The highest BCUT2D eigenvalue weighted by molar-refractivity contribution is 6.31. The second-order valence-corrected chi connectivity index (χ2v) is 4.70. The normalized spacial score (nSPS) is 19.9. The highest BCUT2D eigenvalue weighted by Crippen LogP contribution is 2.34. The van der Waals surface area contributed by atoms with Gasteiger partial charge in [0.15, 0.2) is 0 Å². The van der Waals surface area contributed by atoms with E-state index >= 15 is 0 Å². The number of urea groups is 1. The number of amides is 3. The van der Waals surface area contributed by atoms with Gasteiger partial charge in [0.05, 0.1) is 0 Å². The molecule has 2 N–H and O–H groups in total. The molecule has 0 aliphatic heterocycles. The Morgan fingerprint density at radius 1 is 1.47 bits per heavy atom. The van der Waals surface area contributed by atoms with Gasteiger partial charge in [0.25, 0.3) is 0 Å². The molecule has 0 radical (unpaired) electrons. The van der Waals surface area contributed by atoms with Crippen LogP contribution in [0.25, 0.3) is 0 Å². The lowest BCUT2D eigenvalue weighted by molar-refractivity contribution is -0.119. The summed E-state index contributed by atoms with van der Waals surface area (Å²) in [5, 5.41) is 4.37. The zero-order valence-electron chi connectivity index (χ0n) is 9.10.